The third-order valence-corrected chi connectivity index (χ3v) is 6.27. The Hall–Kier alpha value is -2.78. The van der Waals surface area contributed by atoms with Crippen LogP contribution in [0.3, 0.4) is 0 Å². The minimum absolute atomic E-state index is 0.0245. The van der Waals surface area contributed by atoms with Gasteiger partial charge in [-0.3, -0.25) is 9.59 Å². The van der Waals surface area contributed by atoms with Crippen LogP contribution in [-0.2, 0) is 9.59 Å². The highest BCUT2D eigenvalue weighted by Gasteiger charge is 2.40. The largest absolute Gasteiger partial charge is 0.325 e. The second kappa shape index (κ2) is 9.82. The van der Waals surface area contributed by atoms with Crippen molar-refractivity contribution < 1.29 is 9.59 Å². The molecule has 2 N–H and O–H groups in total. The molecule has 1 aliphatic heterocycles. The molecule has 1 heterocycles. The van der Waals surface area contributed by atoms with Gasteiger partial charge in [0.15, 0.2) is 0 Å². The molecular weight excluding hydrogens is 488 g/mol. The van der Waals surface area contributed by atoms with Gasteiger partial charge >= 0.3 is 0 Å². The first-order chi connectivity index (χ1) is 14.4. The van der Waals surface area contributed by atoms with E-state index < -0.39 is 17.7 Å². The minimum Gasteiger partial charge on any atom is -0.325 e. The van der Waals surface area contributed by atoms with Gasteiger partial charge in [-0.2, -0.15) is 10.5 Å². The standard InChI is InChI=1S/C21H14BrClN4O2S/c22-12-5-7-13(8-6-12)26-18(28)11-30-21-16(10-25)19(15(9-24)20(29)27-21)14-3-1-2-4-17(14)23/h1-8,15,19H,11H2,(H,26,28)(H,27,29)/t15-,19-/m1/s1. The van der Waals surface area contributed by atoms with E-state index >= 15 is 0 Å². The first kappa shape index (κ1) is 21.9. The molecule has 0 radical (unpaired) electrons. The molecule has 0 bridgehead atoms. The van der Waals surface area contributed by atoms with E-state index in [0.717, 1.165) is 16.2 Å². The fourth-order valence-corrected chi connectivity index (χ4v) is 4.38. The van der Waals surface area contributed by atoms with Crippen LogP contribution in [0.1, 0.15) is 11.5 Å². The van der Waals surface area contributed by atoms with Crippen LogP contribution in [0, 0.1) is 28.6 Å². The number of anilines is 1. The summed E-state index contributed by atoms with van der Waals surface area (Å²) in [5, 5.41) is 25.3. The molecule has 0 saturated carbocycles. The number of nitrogens with zero attached hydrogens (tertiary/aromatic N) is 2. The first-order valence-electron chi connectivity index (χ1n) is 8.72. The lowest BCUT2D eigenvalue weighted by atomic mass is 9.79. The second-order valence-corrected chi connectivity index (χ2v) is 8.60. The normalized spacial score (nSPS) is 18.2. The van der Waals surface area contributed by atoms with E-state index in [-0.39, 0.29) is 22.3 Å². The maximum absolute atomic E-state index is 12.5. The molecule has 0 unspecified atom stereocenters. The van der Waals surface area contributed by atoms with Gasteiger partial charge in [-0.15, -0.1) is 0 Å². The third-order valence-electron chi connectivity index (χ3n) is 4.38. The number of thioether (sulfide) groups is 1. The van der Waals surface area contributed by atoms with Gasteiger partial charge in [0, 0.05) is 21.1 Å². The van der Waals surface area contributed by atoms with Gasteiger partial charge in [0.2, 0.25) is 11.8 Å². The average molecular weight is 502 g/mol. The highest BCUT2D eigenvalue weighted by molar-refractivity contribution is 9.10. The molecule has 0 aliphatic carbocycles. The Bertz CT molecular complexity index is 1110. The van der Waals surface area contributed by atoms with Crippen molar-refractivity contribution in [3.8, 4) is 12.1 Å². The van der Waals surface area contributed by atoms with Gasteiger partial charge in [-0.1, -0.05) is 57.5 Å². The Morgan fingerprint density at radius 2 is 1.90 bits per heavy atom. The molecule has 2 amide bonds. The Labute approximate surface area is 191 Å². The Morgan fingerprint density at radius 1 is 1.20 bits per heavy atom. The summed E-state index contributed by atoms with van der Waals surface area (Å²) in [6, 6.07) is 18.0. The number of carbonyl (C=O) groups is 2. The van der Waals surface area contributed by atoms with E-state index in [4.69, 9.17) is 11.6 Å². The summed E-state index contributed by atoms with van der Waals surface area (Å²) in [6.07, 6.45) is 0. The first-order valence-corrected chi connectivity index (χ1v) is 10.9. The summed E-state index contributed by atoms with van der Waals surface area (Å²) >= 11 is 10.6. The molecule has 0 spiro atoms. The van der Waals surface area contributed by atoms with E-state index in [1.165, 1.54) is 0 Å². The van der Waals surface area contributed by atoms with E-state index in [0.29, 0.717) is 16.3 Å². The van der Waals surface area contributed by atoms with Crippen molar-refractivity contribution >= 4 is 56.8 Å². The Kier molecular flexibility index (Phi) is 7.17. The van der Waals surface area contributed by atoms with Crippen molar-refractivity contribution in [3.05, 3.63) is 74.2 Å². The number of amides is 2. The van der Waals surface area contributed by atoms with Crippen LogP contribution in [0.2, 0.25) is 5.02 Å². The molecule has 0 fully saturated rings. The zero-order valence-corrected chi connectivity index (χ0v) is 18.5. The summed E-state index contributed by atoms with van der Waals surface area (Å²) in [5.74, 6) is -2.75. The molecule has 2 atom stereocenters. The summed E-state index contributed by atoms with van der Waals surface area (Å²) < 4.78 is 0.890. The van der Waals surface area contributed by atoms with Gasteiger partial charge in [0.25, 0.3) is 0 Å². The number of halogens is 2. The minimum atomic E-state index is -1.10. The summed E-state index contributed by atoms with van der Waals surface area (Å²) in [4.78, 5) is 24.8. The maximum atomic E-state index is 12.5. The molecule has 3 rings (SSSR count). The van der Waals surface area contributed by atoms with Crippen molar-refractivity contribution in [1.82, 2.24) is 5.32 Å². The monoisotopic (exact) mass is 500 g/mol. The summed E-state index contributed by atoms with van der Waals surface area (Å²) in [7, 11) is 0. The van der Waals surface area contributed by atoms with Crippen molar-refractivity contribution in [2.45, 2.75) is 5.92 Å². The SMILES string of the molecule is N#CC1=C(SCC(=O)Nc2ccc(Br)cc2)NC(=O)[C@H](C#N)[C@H]1c1ccccc1Cl. The smallest absolute Gasteiger partial charge is 0.243 e. The Morgan fingerprint density at radius 3 is 2.53 bits per heavy atom. The lowest BCUT2D eigenvalue weighted by molar-refractivity contribution is -0.123. The summed E-state index contributed by atoms with van der Waals surface area (Å²) in [6.45, 7) is 0. The number of benzene rings is 2. The topological polar surface area (TPSA) is 106 Å². The predicted molar refractivity (Wildman–Crippen MR) is 119 cm³/mol. The van der Waals surface area contributed by atoms with Crippen molar-refractivity contribution in [1.29, 1.82) is 10.5 Å². The van der Waals surface area contributed by atoms with E-state index in [1.807, 2.05) is 6.07 Å². The van der Waals surface area contributed by atoms with Crippen LogP contribution in [-0.4, -0.2) is 17.6 Å². The number of nitrogens with one attached hydrogen (secondary N) is 2. The lowest BCUT2D eigenvalue weighted by Gasteiger charge is -2.29. The number of rotatable bonds is 5. The van der Waals surface area contributed by atoms with Crippen LogP contribution in [0.15, 0.2) is 63.6 Å². The van der Waals surface area contributed by atoms with E-state index in [2.05, 4.69) is 32.6 Å². The molecule has 0 saturated heterocycles. The number of hydrogen-bond acceptors (Lipinski definition) is 5. The molecule has 30 heavy (non-hydrogen) atoms. The number of allylic oxidation sites excluding steroid dienone is 1. The zero-order valence-electron chi connectivity index (χ0n) is 15.4. The fraction of sp³-hybridized carbons (Fsp3) is 0.143. The molecule has 6 nitrogen and oxygen atoms in total. The fourth-order valence-electron chi connectivity index (χ4n) is 3.01. The van der Waals surface area contributed by atoms with Crippen LogP contribution in [0.4, 0.5) is 5.69 Å². The van der Waals surface area contributed by atoms with Gasteiger partial charge in [0.05, 0.1) is 28.5 Å². The van der Waals surface area contributed by atoms with Crippen molar-refractivity contribution in [2.24, 2.45) is 5.92 Å². The van der Waals surface area contributed by atoms with Crippen LogP contribution in [0.5, 0.6) is 0 Å². The molecule has 150 valence electrons. The quantitative estimate of drug-likeness (QED) is 0.624. The zero-order chi connectivity index (χ0) is 21.7. The van der Waals surface area contributed by atoms with Crippen LogP contribution >= 0.6 is 39.3 Å². The average Bonchev–Trinajstić information content (AvgIpc) is 2.74. The van der Waals surface area contributed by atoms with Crippen LogP contribution in [0.25, 0.3) is 0 Å². The number of hydrogen-bond donors (Lipinski definition) is 2. The van der Waals surface area contributed by atoms with Crippen molar-refractivity contribution in [3.63, 3.8) is 0 Å². The second-order valence-electron chi connectivity index (χ2n) is 6.29. The molecule has 1 aliphatic rings. The number of carbonyl (C=O) groups excluding carboxylic acids is 2. The molecule has 9 heteroatoms. The van der Waals surface area contributed by atoms with Gasteiger partial charge < -0.3 is 10.6 Å². The van der Waals surface area contributed by atoms with Gasteiger partial charge in [0.1, 0.15) is 5.92 Å². The molecule has 2 aromatic rings. The molecular formula is C21H14BrClN4O2S. The molecule has 0 aromatic heterocycles. The number of nitriles is 2. The van der Waals surface area contributed by atoms with Gasteiger partial charge in [-0.25, -0.2) is 0 Å². The Balaban J connectivity index is 1.85. The van der Waals surface area contributed by atoms with Crippen LogP contribution < -0.4 is 10.6 Å². The maximum Gasteiger partial charge on any atom is 0.243 e. The van der Waals surface area contributed by atoms with Gasteiger partial charge in [-0.05, 0) is 35.9 Å². The highest BCUT2D eigenvalue weighted by Crippen LogP contribution is 2.41. The lowest BCUT2D eigenvalue weighted by Crippen LogP contribution is -2.39. The van der Waals surface area contributed by atoms with E-state index in [9.17, 15) is 20.1 Å². The third kappa shape index (κ3) is 4.85. The molecule has 2 aromatic carbocycles. The van der Waals surface area contributed by atoms with E-state index in [1.54, 1.807) is 48.5 Å². The highest BCUT2D eigenvalue weighted by atomic mass is 79.9. The predicted octanol–water partition coefficient (Wildman–Crippen LogP) is 4.56. The summed E-state index contributed by atoms with van der Waals surface area (Å²) in [5.41, 5.74) is 1.36. The van der Waals surface area contributed by atoms with Crippen molar-refractivity contribution in [2.75, 3.05) is 11.1 Å².